The third kappa shape index (κ3) is 10.0. The number of methoxy groups -OCH3 is 1. The number of hydrogen-bond acceptors (Lipinski definition) is 17. The van der Waals surface area contributed by atoms with Crippen LogP contribution in [0, 0.1) is 11.3 Å². The molecule has 5 heterocycles. The highest BCUT2D eigenvalue weighted by molar-refractivity contribution is 8.07. The number of hydrogen-bond donors (Lipinski definition) is 3. The summed E-state index contributed by atoms with van der Waals surface area (Å²) in [6.07, 6.45) is -3.47. The summed E-state index contributed by atoms with van der Waals surface area (Å²) in [5, 5.41) is 22.5. The van der Waals surface area contributed by atoms with Gasteiger partial charge in [-0.25, -0.2) is 24.5 Å². The number of imidazole rings is 1. The maximum atomic E-state index is 13.6. The number of nitriles is 1. The molecule has 2 aliphatic heterocycles. The number of H-pyrrole nitrogens is 1. The first-order valence-corrected chi connectivity index (χ1v) is 22.7. The quantitative estimate of drug-likeness (QED) is 0.0656. The lowest BCUT2D eigenvalue weighted by Gasteiger charge is -2.28. The number of amides is 1. The number of rotatable bonds is 17. The highest BCUT2D eigenvalue weighted by Crippen LogP contribution is 2.54. The molecule has 22 heteroatoms. The normalized spacial score (nSPS) is 22.6. The summed E-state index contributed by atoms with van der Waals surface area (Å²) in [6, 6.07) is 27.6. The first kappa shape index (κ1) is 45.3. The van der Waals surface area contributed by atoms with Gasteiger partial charge in [0.25, 0.3) is 11.5 Å². The number of carbonyl (C=O) groups excluding carboxylic acids is 2. The second-order valence-corrected chi connectivity index (χ2v) is 17.6. The van der Waals surface area contributed by atoms with Crippen LogP contribution in [0.5, 0.6) is 0 Å². The highest BCUT2D eigenvalue weighted by atomic mass is 32.5. The number of esters is 1. The molecule has 3 N–H and O–H groups in total. The molecule has 3 unspecified atom stereocenters. The number of fused-ring (bicyclic) bond motifs is 1. The van der Waals surface area contributed by atoms with Crippen LogP contribution in [-0.4, -0.2) is 104 Å². The standard InChI is InChI=1S/C43H41N8O12PS/c1-57-36-35(62-42(55)28-16-9-4-10-17-28)32(61-41(36)51-25-47-34-37(45-24-46-38(34)51)48-39(53)27-14-7-3-8-15-27)23-59-64(65,58-19-11-18-44)63-30-20-33(60-31(30)22-52)50-21-29(40(54)49-43(50)56)26-12-5-2-6-13-26/h2-10,12-17,21,24-25,30-33,35-36,41,52H,11,19-20,22-23H2,1H3,(H,49,54,56)(H,45,46,48,53)/t30?,31-,32-,33-,35+,36?,41-,64?/m1/s1. The van der Waals surface area contributed by atoms with Gasteiger partial charge in [0.2, 0.25) is 0 Å². The number of nitrogens with zero attached hydrogens (tertiary/aromatic N) is 6. The Hall–Kier alpha value is -6.31. The molecule has 3 aromatic carbocycles. The van der Waals surface area contributed by atoms with E-state index < -0.39 is 86.0 Å². The van der Waals surface area contributed by atoms with Crippen molar-refractivity contribution in [3.05, 3.63) is 142 Å². The number of ether oxygens (including phenoxy) is 4. The minimum absolute atomic E-state index is 0.0385. The van der Waals surface area contributed by atoms with Gasteiger partial charge in [-0.1, -0.05) is 66.7 Å². The van der Waals surface area contributed by atoms with E-state index >= 15 is 0 Å². The zero-order valence-corrected chi connectivity index (χ0v) is 36.2. The van der Waals surface area contributed by atoms with Crippen molar-refractivity contribution in [3.63, 3.8) is 0 Å². The van der Waals surface area contributed by atoms with E-state index in [1.807, 2.05) is 6.07 Å². The first-order valence-electron chi connectivity index (χ1n) is 20.2. The molecule has 0 radical (unpaired) electrons. The fraction of sp³-hybridized carbons (Fsp3) is 0.302. The maximum absolute atomic E-state index is 13.6. The van der Waals surface area contributed by atoms with Crippen LogP contribution in [0.3, 0.4) is 0 Å². The molecule has 65 heavy (non-hydrogen) atoms. The first-order chi connectivity index (χ1) is 31.6. The maximum Gasteiger partial charge on any atom is 0.338 e. The molecule has 3 aromatic heterocycles. The van der Waals surface area contributed by atoms with Gasteiger partial charge in [-0.2, -0.15) is 5.26 Å². The number of nitrogens with one attached hydrogen (secondary N) is 2. The van der Waals surface area contributed by atoms with E-state index in [0.29, 0.717) is 11.1 Å². The number of aromatic nitrogens is 6. The Balaban J connectivity index is 1.06. The fourth-order valence-corrected chi connectivity index (χ4v) is 9.56. The molecule has 336 valence electrons. The van der Waals surface area contributed by atoms with Crippen molar-refractivity contribution in [3.8, 4) is 17.2 Å². The Morgan fingerprint density at radius 1 is 0.938 bits per heavy atom. The van der Waals surface area contributed by atoms with Crippen molar-refractivity contribution in [2.75, 3.05) is 32.2 Å². The number of aromatic amines is 1. The molecule has 0 saturated carbocycles. The van der Waals surface area contributed by atoms with Crippen LogP contribution in [0.2, 0.25) is 0 Å². The molecular weight excluding hydrogens is 884 g/mol. The van der Waals surface area contributed by atoms with E-state index in [1.165, 1.54) is 30.5 Å². The van der Waals surface area contributed by atoms with Crippen molar-refractivity contribution in [2.24, 2.45) is 0 Å². The average Bonchev–Trinajstić information content (AvgIpc) is 4.04. The van der Waals surface area contributed by atoms with E-state index in [-0.39, 0.29) is 47.6 Å². The lowest BCUT2D eigenvalue weighted by Crippen LogP contribution is -2.39. The molecule has 2 aliphatic rings. The number of aliphatic hydroxyl groups excluding tert-OH is 1. The summed E-state index contributed by atoms with van der Waals surface area (Å²) in [5.74, 6) is -0.973. The van der Waals surface area contributed by atoms with Crippen LogP contribution in [0.25, 0.3) is 22.3 Å². The van der Waals surface area contributed by atoms with Gasteiger partial charge < -0.3 is 42.9 Å². The zero-order valence-electron chi connectivity index (χ0n) is 34.4. The lowest BCUT2D eigenvalue weighted by atomic mass is 10.1. The predicted molar refractivity (Wildman–Crippen MR) is 234 cm³/mol. The van der Waals surface area contributed by atoms with Crippen LogP contribution in [0.15, 0.2) is 119 Å². The van der Waals surface area contributed by atoms with Crippen LogP contribution in [-0.2, 0) is 44.3 Å². The smallest absolute Gasteiger partial charge is 0.338 e. The molecule has 6 aromatic rings. The number of carbonyl (C=O) groups is 2. The van der Waals surface area contributed by atoms with Crippen molar-refractivity contribution in [1.29, 1.82) is 5.26 Å². The van der Waals surface area contributed by atoms with E-state index in [4.69, 9.17) is 44.3 Å². The van der Waals surface area contributed by atoms with Gasteiger partial charge in [-0.05, 0) is 41.6 Å². The predicted octanol–water partition coefficient (Wildman–Crippen LogP) is 4.27. The summed E-state index contributed by atoms with van der Waals surface area (Å²) in [7, 11) is 1.41. The van der Waals surface area contributed by atoms with Gasteiger partial charge in [0.1, 0.15) is 30.9 Å². The van der Waals surface area contributed by atoms with Gasteiger partial charge in [0.05, 0.1) is 55.9 Å². The Kier molecular flexibility index (Phi) is 14.1. The molecule has 0 aliphatic carbocycles. The van der Waals surface area contributed by atoms with Gasteiger partial charge >= 0.3 is 18.4 Å². The van der Waals surface area contributed by atoms with Crippen molar-refractivity contribution in [1.82, 2.24) is 29.1 Å². The van der Waals surface area contributed by atoms with Gasteiger partial charge in [0, 0.05) is 25.3 Å². The summed E-state index contributed by atoms with van der Waals surface area (Å²) in [4.78, 5) is 68.1. The SMILES string of the molecule is COC1[C@@H](OC(=O)c2ccccc2)[C@@H](COP(=S)(OCCC#N)OC2C[C@H](n3cc(-c4ccccc4)c(=O)[nH]c3=O)O[C@@H]2CO)O[C@H]1n1cnc2c(NC(=O)c3ccccc3)ncnc21. The number of benzene rings is 3. The fourth-order valence-electron chi connectivity index (χ4n) is 7.42. The third-order valence-electron chi connectivity index (χ3n) is 10.6. The second-order valence-electron chi connectivity index (χ2n) is 14.6. The van der Waals surface area contributed by atoms with E-state index in [1.54, 1.807) is 95.6 Å². The van der Waals surface area contributed by atoms with E-state index in [9.17, 15) is 29.5 Å². The van der Waals surface area contributed by atoms with Crippen LogP contribution in [0.4, 0.5) is 5.82 Å². The van der Waals surface area contributed by atoms with Crippen LogP contribution >= 0.6 is 6.72 Å². The molecule has 1 amide bonds. The van der Waals surface area contributed by atoms with E-state index in [2.05, 4.69) is 25.3 Å². The molecule has 8 rings (SSSR count). The van der Waals surface area contributed by atoms with Gasteiger partial charge in [-0.3, -0.25) is 23.7 Å². The second kappa shape index (κ2) is 20.2. The van der Waals surface area contributed by atoms with Gasteiger partial charge in [0.15, 0.2) is 29.3 Å². The average molecular weight is 925 g/mol. The molecular formula is C43H41N8O12PS. The Morgan fingerprint density at radius 2 is 1.65 bits per heavy atom. The van der Waals surface area contributed by atoms with E-state index in [0.717, 1.165) is 0 Å². The largest absolute Gasteiger partial charge is 0.453 e. The molecule has 0 spiro atoms. The molecule has 20 nitrogen and oxygen atoms in total. The van der Waals surface area contributed by atoms with Gasteiger partial charge in [-0.15, -0.1) is 0 Å². The molecule has 2 fully saturated rings. The summed E-state index contributed by atoms with van der Waals surface area (Å²) >= 11 is 5.91. The summed E-state index contributed by atoms with van der Waals surface area (Å²) in [5.41, 5.74) is 0.571. The summed E-state index contributed by atoms with van der Waals surface area (Å²) in [6.45, 7) is -5.06. The van der Waals surface area contributed by atoms with Crippen LogP contribution < -0.4 is 16.6 Å². The Bertz CT molecular complexity index is 2840. The minimum Gasteiger partial charge on any atom is -0.453 e. The Labute approximate surface area is 374 Å². The molecule has 8 atom stereocenters. The highest BCUT2D eigenvalue weighted by Gasteiger charge is 2.50. The molecule has 2 saturated heterocycles. The van der Waals surface area contributed by atoms with Crippen molar-refractivity contribution < 1.29 is 47.2 Å². The van der Waals surface area contributed by atoms with Crippen LogP contribution in [0.1, 0.15) is 46.0 Å². The minimum atomic E-state index is -3.90. The Morgan fingerprint density at radius 3 is 2.34 bits per heavy atom. The van der Waals surface area contributed by atoms with Crippen molar-refractivity contribution >= 4 is 47.4 Å². The summed E-state index contributed by atoms with van der Waals surface area (Å²) < 4.78 is 46.0. The number of anilines is 1. The number of aliphatic hydroxyl groups is 1. The lowest BCUT2D eigenvalue weighted by molar-refractivity contribution is -0.0610. The zero-order chi connectivity index (χ0) is 45.5. The molecule has 0 bridgehead atoms. The topological polar surface area (TPSA) is 253 Å². The third-order valence-corrected chi connectivity index (χ3v) is 12.9. The monoisotopic (exact) mass is 924 g/mol. The van der Waals surface area contributed by atoms with Crippen molar-refractivity contribution in [2.45, 2.75) is 55.8 Å².